The second kappa shape index (κ2) is 6.67. The van der Waals surface area contributed by atoms with Crippen LogP contribution in [-0.4, -0.2) is 22.7 Å². The Morgan fingerprint density at radius 3 is 2.85 bits per heavy atom. The number of nitrogens with zero attached hydrogens (tertiary/aromatic N) is 1. The van der Waals surface area contributed by atoms with Crippen LogP contribution in [0.25, 0.3) is 10.9 Å². The van der Waals surface area contributed by atoms with Crippen molar-refractivity contribution < 1.29 is 9.47 Å². The quantitative estimate of drug-likeness (QED) is 0.566. The summed E-state index contributed by atoms with van der Waals surface area (Å²) in [6.07, 6.45) is 1.61. The van der Waals surface area contributed by atoms with Gasteiger partial charge in [0.1, 0.15) is 5.75 Å². The zero-order valence-electron chi connectivity index (χ0n) is 11.6. The van der Waals surface area contributed by atoms with Crippen LogP contribution in [0.3, 0.4) is 0 Å². The molecule has 1 atom stereocenters. The van der Waals surface area contributed by atoms with Gasteiger partial charge in [0.2, 0.25) is 5.05 Å². The van der Waals surface area contributed by atoms with Gasteiger partial charge in [0.15, 0.2) is 6.10 Å². The Labute approximate surface area is 137 Å². The standard InChI is InChI=1S/C15H16INO2S/c1-4-18-15(20)10(3)19-13-5-9(2)14-11(7-13)6-12(16)8-17-14/h5-8,10H,4H2,1-3H3. The maximum absolute atomic E-state index is 5.86. The van der Waals surface area contributed by atoms with Crippen LogP contribution in [0.1, 0.15) is 19.4 Å². The van der Waals surface area contributed by atoms with Crippen molar-refractivity contribution in [3.63, 3.8) is 0 Å². The SMILES string of the molecule is CCOC(=S)C(C)Oc1cc(C)c2ncc(I)cc2c1. The molecule has 2 rings (SSSR count). The topological polar surface area (TPSA) is 31.4 Å². The molecule has 0 saturated carbocycles. The number of rotatable bonds is 4. The van der Waals surface area contributed by atoms with Gasteiger partial charge in [0, 0.05) is 15.2 Å². The molecule has 0 bridgehead atoms. The average molecular weight is 401 g/mol. The maximum Gasteiger partial charge on any atom is 0.200 e. The third-order valence-electron chi connectivity index (χ3n) is 2.85. The molecule has 5 heteroatoms. The van der Waals surface area contributed by atoms with Crippen molar-refractivity contribution in [1.82, 2.24) is 4.98 Å². The monoisotopic (exact) mass is 401 g/mol. The van der Waals surface area contributed by atoms with Gasteiger partial charge in [0.05, 0.1) is 12.1 Å². The molecule has 0 aliphatic carbocycles. The van der Waals surface area contributed by atoms with Crippen molar-refractivity contribution in [2.24, 2.45) is 0 Å². The van der Waals surface area contributed by atoms with Crippen LogP contribution in [-0.2, 0) is 4.74 Å². The van der Waals surface area contributed by atoms with E-state index in [1.807, 2.05) is 39.1 Å². The summed E-state index contributed by atoms with van der Waals surface area (Å²) < 4.78 is 12.3. The van der Waals surface area contributed by atoms with Gasteiger partial charge in [-0.1, -0.05) is 0 Å². The van der Waals surface area contributed by atoms with Gasteiger partial charge in [0.25, 0.3) is 0 Å². The number of pyridine rings is 1. The maximum atomic E-state index is 5.86. The van der Waals surface area contributed by atoms with E-state index in [9.17, 15) is 0 Å². The van der Waals surface area contributed by atoms with Crippen LogP contribution in [0.15, 0.2) is 24.4 Å². The van der Waals surface area contributed by atoms with E-state index in [4.69, 9.17) is 21.7 Å². The second-order valence-electron chi connectivity index (χ2n) is 4.48. The van der Waals surface area contributed by atoms with Crippen LogP contribution < -0.4 is 4.74 Å². The molecule has 0 fully saturated rings. The van der Waals surface area contributed by atoms with Gasteiger partial charge in [-0.2, -0.15) is 0 Å². The van der Waals surface area contributed by atoms with E-state index in [-0.39, 0.29) is 6.10 Å². The largest absolute Gasteiger partial charge is 0.484 e. The lowest BCUT2D eigenvalue weighted by Gasteiger charge is -2.16. The molecule has 1 aromatic heterocycles. The Hall–Kier alpha value is -0.950. The lowest BCUT2D eigenvalue weighted by atomic mass is 10.1. The Morgan fingerprint density at radius 2 is 2.15 bits per heavy atom. The number of halogens is 1. The van der Waals surface area contributed by atoms with E-state index in [2.05, 4.69) is 33.6 Å². The summed E-state index contributed by atoms with van der Waals surface area (Å²) in [4.78, 5) is 4.45. The van der Waals surface area contributed by atoms with E-state index < -0.39 is 0 Å². The van der Waals surface area contributed by atoms with Crippen LogP contribution in [0.2, 0.25) is 0 Å². The minimum Gasteiger partial charge on any atom is -0.484 e. The zero-order chi connectivity index (χ0) is 14.7. The average Bonchev–Trinajstić information content (AvgIpc) is 2.38. The highest BCUT2D eigenvalue weighted by molar-refractivity contribution is 14.1. The number of thiocarbonyl (C=S) groups is 1. The molecule has 2 aromatic rings. The van der Waals surface area contributed by atoms with Crippen molar-refractivity contribution in [2.45, 2.75) is 26.9 Å². The van der Waals surface area contributed by atoms with E-state index in [0.29, 0.717) is 11.7 Å². The third-order valence-corrected chi connectivity index (χ3v) is 3.88. The van der Waals surface area contributed by atoms with Crippen LogP contribution in [0, 0.1) is 10.5 Å². The zero-order valence-corrected chi connectivity index (χ0v) is 14.6. The molecule has 1 aromatic carbocycles. The Bertz CT molecular complexity index is 645. The molecule has 20 heavy (non-hydrogen) atoms. The molecule has 3 nitrogen and oxygen atoms in total. The Balaban J connectivity index is 2.29. The van der Waals surface area contributed by atoms with Gasteiger partial charge < -0.3 is 9.47 Å². The first-order valence-corrected chi connectivity index (χ1v) is 7.89. The first kappa shape index (κ1) is 15.4. The molecule has 0 aliphatic heterocycles. The molecule has 0 aliphatic rings. The fraction of sp³-hybridized carbons (Fsp3) is 0.333. The normalized spacial score (nSPS) is 12.2. The second-order valence-corrected chi connectivity index (χ2v) is 6.13. The Kier molecular flexibility index (Phi) is 5.15. The summed E-state index contributed by atoms with van der Waals surface area (Å²) >= 11 is 7.42. The molecule has 1 heterocycles. The first-order valence-electron chi connectivity index (χ1n) is 6.40. The Morgan fingerprint density at radius 1 is 1.40 bits per heavy atom. The predicted octanol–water partition coefficient (Wildman–Crippen LogP) is 4.28. The summed E-state index contributed by atoms with van der Waals surface area (Å²) in [5.74, 6) is 0.786. The fourth-order valence-corrected chi connectivity index (χ4v) is 2.59. The minimum atomic E-state index is -0.252. The van der Waals surface area contributed by atoms with Gasteiger partial charge in [-0.15, -0.1) is 0 Å². The molecule has 0 radical (unpaired) electrons. The predicted molar refractivity (Wildman–Crippen MR) is 93.5 cm³/mol. The number of fused-ring (bicyclic) bond motifs is 1. The van der Waals surface area contributed by atoms with Crippen molar-refractivity contribution in [1.29, 1.82) is 0 Å². The molecule has 0 spiro atoms. The molecule has 0 amide bonds. The highest BCUT2D eigenvalue weighted by atomic mass is 127. The molecular weight excluding hydrogens is 385 g/mol. The molecular formula is C15H16INO2S. The lowest BCUT2D eigenvalue weighted by molar-refractivity contribution is 0.230. The summed E-state index contributed by atoms with van der Waals surface area (Å²) in [6, 6.07) is 6.06. The molecule has 106 valence electrons. The number of ether oxygens (including phenoxy) is 2. The van der Waals surface area contributed by atoms with Crippen molar-refractivity contribution >= 4 is 50.8 Å². The van der Waals surface area contributed by atoms with Gasteiger partial charge in [-0.3, -0.25) is 4.98 Å². The number of benzene rings is 1. The van der Waals surface area contributed by atoms with E-state index >= 15 is 0 Å². The van der Waals surface area contributed by atoms with Crippen LogP contribution in [0.5, 0.6) is 5.75 Å². The van der Waals surface area contributed by atoms with E-state index in [1.165, 1.54) is 0 Å². The molecule has 1 unspecified atom stereocenters. The van der Waals surface area contributed by atoms with E-state index in [0.717, 1.165) is 25.8 Å². The summed E-state index contributed by atoms with van der Waals surface area (Å²) in [5.41, 5.74) is 2.08. The van der Waals surface area contributed by atoms with Crippen molar-refractivity contribution in [3.8, 4) is 5.75 Å². The third kappa shape index (κ3) is 3.58. The van der Waals surface area contributed by atoms with Gasteiger partial charge >= 0.3 is 0 Å². The fourth-order valence-electron chi connectivity index (χ4n) is 1.95. The summed E-state index contributed by atoms with van der Waals surface area (Å²) in [7, 11) is 0. The lowest BCUT2D eigenvalue weighted by Crippen LogP contribution is -2.24. The van der Waals surface area contributed by atoms with Crippen LogP contribution in [0.4, 0.5) is 0 Å². The minimum absolute atomic E-state index is 0.252. The first-order chi connectivity index (χ1) is 9.51. The number of aromatic nitrogens is 1. The smallest absolute Gasteiger partial charge is 0.200 e. The number of aryl methyl sites for hydroxylation is 1. The molecule has 0 N–H and O–H groups in total. The summed E-state index contributed by atoms with van der Waals surface area (Å²) in [5, 5.41) is 1.55. The highest BCUT2D eigenvalue weighted by Gasteiger charge is 2.12. The van der Waals surface area contributed by atoms with Gasteiger partial charge in [-0.25, -0.2) is 0 Å². The van der Waals surface area contributed by atoms with Crippen molar-refractivity contribution in [3.05, 3.63) is 33.5 Å². The van der Waals surface area contributed by atoms with Crippen molar-refractivity contribution in [2.75, 3.05) is 6.61 Å². The number of hydrogen-bond donors (Lipinski definition) is 0. The number of hydrogen-bond acceptors (Lipinski definition) is 4. The van der Waals surface area contributed by atoms with E-state index in [1.54, 1.807) is 0 Å². The molecule has 0 saturated heterocycles. The highest BCUT2D eigenvalue weighted by Crippen LogP contribution is 2.25. The summed E-state index contributed by atoms with van der Waals surface area (Å²) in [6.45, 7) is 6.39. The van der Waals surface area contributed by atoms with Gasteiger partial charge in [-0.05, 0) is 79.3 Å². The van der Waals surface area contributed by atoms with Crippen LogP contribution >= 0.6 is 34.8 Å².